The van der Waals surface area contributed by atoms with Gasteiger partial charge in [0.15, 0.2) is 0 Å². The van der Waals surface area contributed by atoms with E-state index in [2.05, 4.69) is 56.0 Å². The highest BCUT2D eigenvalue weighted by Gasteiger charge is 2.43. The molecule has 0 saturated heterocycles. The van der Waals surface area contributed by atoms with E-state index in [0.29, 0.717) is 23.5 Å². The fraction of sp³-hybridized carbons (Fsp3) is 0.450. The molecule has 1 fully saturated rings. The number of benzene rings is 1. The number of carbonyl (C=O) groups excluding carboxylic acids is 1. The van der Waals surface area contributed by atoms with Gasteiger partial charge in [0.05, 0.1) is 0 Å². The van der Waals surface area contributed by atoms with Gasteiger partial charge in [-0.05, 0) is 43.6 Å². The zero-order valence-electron chi connectivity index (χ0n) is 12.8. The van der Waals surface area contributed by atoms with Crippen LogP contribution in [0.15, 0.2) is 54.6 Å². The second-order valence-corrected chi connectivity index (χ2v) is 6.58. The van der Waals surface area contributed by atoms with Crippen molar-refractivity contribution in [1.29, 1.82) is 0 Å². The van der Waals surface area contributed by atoms with Crippen LogP contribution in [-0.4, -0.2) is 5.78 Å². The van der Waals surface area contributed by atoms with E-state index in [0.717, 1.165) is 25.7 Å². The van der Waals surface area contributed by atoms with Gasteiger partial charge < -0.3 is 0 Å². The Morgan fingerprint density at radius 3 is 2.76 bits per heavy atom. The molecule has 21 heavy (non-hydrogen) atoms. The maximum absolute atomic E-state index is 12.3. The SMILES string of the molecule is C=CC1C(C)=CC[C@H]2C(=O)CC[C@@H](Cc3ccccc3)[C@H]12. The number of ketones is 1. The van der Waals surface area contributed by atoms with E-state index in [9.17, 15) is 4.79 Å². The molecule has 0 amide bonds. The largest absolute Gasteiger partial charge is 0.299 e. The average Bonchev–Trinajstić information content (AvgIpc) is 2.51. The number of carbonyl (C=O) groups is 1. The molecular weight excluding hydrogens is 256 g/mol. The van der Waals surface area contributed by atoms with Crippen molar-refractivity contribution in [3.05, 3.63) is 60.2 Å². The van der Waals surface area contributed by atoms with Crippen LogP contribution in [0.5, 0.6) is 0 Å². The molecule has 0 bridgehead atoms. The van der Waals surface area contributed by atoms with Gasteiger partial charge in [-0.25, -0.2) is 0 Å². The summed E-state index contributed by atoms with van der Waals surface area (Å²) < 4.78 is 0. The Kier molecular flexibility index (Phi) is 4.10. The van der Waals surface area contributed by atoms with Crippen molar-refractivity contribution in [2.24, 2.45) is 23.7 Å². The van der Waals surface area contributed by atoms with Gasteiger partial charge in [0.1, 0.15) is 5.78 Å². The Bertz CT molecular complexity index is 554. The standard InChI is InChI=1S/C20H24O/c1-3-17-14(2)9-11-18-19(21)12-10-16(20(17)18)13-15-7-5-4-6-8-15/h3-9,16-18,20H,1,10-13H2,2H3/t16-,17?,18-,20+/m0/s1. The third kappa shape index (κ3) is 2.74. The minimum atomic E-state index is 0.221. The molecule has 1 unspecified atom stereocenters. The van der Waals surface area contributed by atoms with Gasteiger partial charge in [-0.3, -0.25) is 4.79 Å². The van der Waals surface area contributed by atoms with E-state index in [4.69, 9.17) is 0 Å². The highest BCUT2D eigenvalue weighted by atomic mass is 16.1. The minimum absolute atomic E-state index is 0.221. The molecule has 0 heterocycles. The highest BCUT2D eigenvalue weighted by Crippen LogP contribution is 2.46. The topological polar surface area (TPSA) is 17.1 Å². The fourth-order valence-corrected chi connectivity index (χ4v) is 4.33. The molecule has 3 rings (SSSR count). The van der Waals surface area contributed by atoms with Gasteiger partial charge >= 0.3 is 0 Å². The fourth-order valence-electron chi connectivity index (χ4n) is 4.33. The second kappa shape index (κ2) is 6.01. The molecule has 2 aliphatic carbocycles. The van der Waals surface area contributed by atoms with Crippen LogP contribution in [0.25, 0.3) is 0 Å². The zero-order valence-corrected chi connectivity index (χ0v) is 12.8. The van der Waals surface area contributed by atoms with Crippen LogP contribution in [0.1, 0.15) is 31.7 Å². The van der Waals surface area contributed by atoms with Crippen LogP contribution < -0.4 is 0 Å². The third-order valence-corrected chi connectivity index (χ3v) is 5.41. The van der Waals surface area contributed by atoms with Crippen LogP contribution in [0.2, 0.25) is 0 Å². The van der Waals surface area contributed by atoms with Gasteiger partial charge in [-0.2, -0.15) is 0 Å². The molecule has 0 radical (unpaired) electrons. The van der Waals surface area contributed by atoms with Crippen LogP contribution >= 0.6 is 0 Å². The number of hydrogen-bond acceptors (Lipinski definition) is 1. The first kappa shape index (κ1) is 14.3. The first-order valence-corrected chi connectivity index (χ1v) is 8.06. The van der Waals surface area contributed by atoms with Crippen LogP contribution in [0, 0.1) is 23.7 Å². The van der Waals surface area contributed by atoms with E-state index in [-0.39, 0.29) is 5.92 Å². The Labute approximate surface area is 127 Å². The molecule has 110 valence electrons. The second-order valence-electron chi connectivity index (χ2n) is 6.58. The number of hydrogen-bond donors (Lipinski definition) is 0. The zero-order chi connectivity index (χ0) is 14.8. The summed E-state index contributed by atoms with van der Waals surface area (Å²) >= 11 is 0. The normalized spacial score (nSPS) is 32.2. The number of fused-ring (bicyclic) bond motifs is 1. The summed E-state index contributed by atoms with van der Waals surface area (Å²) in [5.74, 6) is 2.12. The minimum Gasteiger partial charge on any atom is -0.299 e. The summed E-state index contributed by atoms with van der Waals surface area (Å²) in [6.07, 6.45) is 8.15. The van der Waals surface area contributed by atoms with Crippen LogP contribution in [-0.2, 0) is 11.2 Å². The van der Waals surface area contributed by atoms with E-state index in [1.165, 1.54) is 11.1 Å². The molecule has 1 saturated carbocycles. The number of allylic oxidation sites excluding steroid dienone is 3. The van der Waals surface area contributed by atoms with Gasteiger partial charge in [0, 0.05) is 18.3 Å². The first-order valence-electron chi connectivity index (χ1n) is 8.06. The average molecular weight is 280 g/mol. The van der Waals surface area contributed by atoms with Crippen molar-refractivity contribution in [2.75, 3.05) is 0 Å². The molecular formula is C20H24O. The van der Waals surface area contributed by atoms with Crippen molar-refractivity contribution in [1.82, 2.24) is 0 Å². The molecule has 2 aliphatic rings. The van der Waals surface area contributed by atoms with Gasteiger partial charge in [-0.1, -0.05) is 48.1 Å². The lowest BCUT2D eigenvalue weighted by Crippen LogP contribution is -2.42. The predicted octanol–water partition coefficient (Wildman–Crippen LogP) is 4.59. The molecule has 0 spiro atoms. The van der Waals surface area contributed by atoms with E-state index in [1.807, 2.05) is 0 Å². The Balaban J connectivity index is 1.88. The molecule has 0 aliphatic heterocycles. The summed E-state index contributed by atoms with van der Waals surface area (Å²) in [7, 11) is 0. The Hall–Kier alpha value is -1.63. The monoisotopic (exact) mass is 280 g/mol. The maximum atomic E-state index is 12.3. The molecule has 0 aromatic heterocycles. The van der Waals surface area contributed by atoms with Gasteiger partial charge in [-0.15, -0.1) is 6.58 Å². The van der Waals surface area contributed by atoms with Crippen molar-refractivity contribution in [3.63, 3.8) is 0 Å². The maximum Gasteiger partial charge on any atom is 0.136 e. The molecule has 1 nitrogen and oxygen atoms in total. The van der Waals surface area contributed by atoms with Crippen molar-refractivity contribution < 1.29 is 4.79 Å². The van der Waals surface area contributed by atoms with Gasteiger partial charge in [0.25, 0.3) is 0 Å². The lowest BCUT2D eigenvalue weighted by molar-refractivity contribution is -0.129. The molecule has 1 aromatic rings. The summed E-state index contributed by atoms with van der Waals surface area (Å²) in [6, 6.07) is 10.7. The molecule has 1 aromatic carbocycles. The lowest BCUT2D eigenvalue weighted by atomic mass is 9.59. The van der Waals surface area contributed by atoms with Crippen molar-refractivity contribution in [2.45, 2.75) is 32.6 Å². The van der Waals surface area contributed by atoms with E-state index in [1.54, 1.807) is 0 Å². The summed E-state index contributed by atoms with van der Waals surface area (Å²) in [6.45, 7) is 6.24. The van der Waals surface area contributed by atoms with E-state index < -0.39 is 0 Å². The van der Waals surface area contributed by atoms with Crippen molar-refractivity contribution in [3.8, 4) is 0 Å². The molecule has 0 N–H and O–H groups in total. The first-order chi connectivity index (χ1) is 10.2. The predicted molar refractivity (Wildman–Crippen MR) is 86.9 cm³/mol. The van der Waals surface area contributed by atoms with E-state index >= 15 is 0 Å². The lowest BCUT2D eigenvalue weighted by Gasteiger charge is -2.44. The molecule has 1 heteroatoms. The summed E-state index contributed by atoms with van der Waals surface area (Å²) in [5.41, 5.74) is 2.80. The van der Waals surface area contributed by atoms with Crippen molar-refractivity contribution >= 4 is 5.78 Å². The van der Waals surface area contributed by atoms with Crippen LogP contribution in [0.4, 0.5) is 0 Å². The smallest absolute Gasteiger partial charge is 0.136 e. The summed E-state index contributed by atoms with van der Waals surface area (Å²) in [4.78, 5) is 12.3. The third-order valence-electron chi connectivity index (χ3n) is 5.41. The summed E-state index contributed by atoms with van der Waals surface area (Å²) in [5, 5.41) is 0. The number of rotatable bonds is 3. The number of Topliss-reactive ketones (excluding diaryl/α,β-unsaturated/α-hetero) is 1. The Morgan fingerprint density at radius 1 is 1.29 bits per heavy atom. The van der Waals surface area contributed by atoms with Gasteiger partial charge in [0.2, 0.25) is 0 Å². The highest BCUT2D eigenvalue weighted by molar-refractivity contribution is 5.82. The van der Waals surface area contributed by atoms with Crippen LogP contribution in [0.3, 0.4) is 0 Å². The quantitative estimate of drug-likeness (QED) is 0.740. The Morgan fingerprint density at radius 2 is 2.05 bits per heavy atom. The molecule has 4 atom stereocenters.